The molecule has 1 aromatic carbocycles. The van der Waals surface area contributed by atoms with Crippen LogP contribution in [0.3, 0.4) is 0 Å². The van der Waals surface area contributed by atoms with Crippen LogP contribution in [-0.4, -0.2) is 47.8 Å². The molecule has 0 saturated carbocycles. The first-order valence-electron chi connectivity index (χ1n) is 6.12. The van der Waals surface area contributed by atoms with Gasteiger partial charge in [-0.15, -0.1) is 0 Å². The van der Waals surface area contributed by atoms with E-state index >= 15 is 0 Å². The number of nitrogens with two attached hydrogens (primary N) is 1. The van der Waals surface area contributed by atoms with Gasteiger partial charge in [0.2, 0.25) is 0 Å². The highest BCUT2D eigenvalue weighted by Crippen LogP contribution is 2.21. The zero-order valence-electron chi connectivity index (χ0n) is 10.7. The van der Waals surface area contributed by atoms with E-state index in [1.54, 1.807) is 23.1 Å². The van der Waals surface area contributed by atoms with Gasteiger partial charge in [-0.1, -0.05) is 11.6 Å². The van der Waals surface area contributed by atoms with Crippen molar-refractivity contribution in [2.24, 2.45) is 0 Å². The van der Waals surface area contributed by atoms with E-state index in [0.29, 0.717) is 29.4 Å². The number of hydrogen-bond donors (Lipinski definition) is 2. The van der Waals surface area contributed by atoms with Crippen molar-refractivity contribution in [1.82, 2.24) is 4.90 Å². The van der Waals surface area contributed by atoms with Gasteiger partial charge in [-0.05, 0) is 25.1 Å². The number of nitrogen functional groups attached to an aromatic ring is 1. The topological polar surface area (TPSA) is 75.8 Å². The van der Waals surface area contributed by atoms with Crippen molar-refractivity contribution in [3.05, 3.63) is 28.8 Å². The molecular weight excluding hydrogens is 268 g/mol. The Morgan fingerprint density at radius 3 is 2.95 bits per heavy atom. The van der Waals surface area contributed by atoms with Gasteiger partial charge < -0.3 is 20.5 Å². The molecule has 1 aromatic rings. The summed E-state index contributed by atoms with van der Waals surface area (Å²) in [6, 6.07) is 4.81. The highest BCUT2D eigenvalue weighted by molar-refractivity contribution is 6.31. The SMILES string of the molecule is CC1CN(C(=O)c2ccc(Cl)cc2N)CC(CO)O1. The minimum Gasteiger partial charge on any atom is -0.398 e. The van der Waals surface area contributed by atoms with Crippen molar-refractivity contribution < 1.29 is 14.6 Å². The van der Waals surface area contributed by atoms with Gasteiger partial charge in [-0.25, -0.2) is 0 Å². The molecule has 104 valence electrons. The largest absolute Gasteiger partial charge is 0.398 e. The molecule has 19 heavy (non-hydrogen) atoms. The molecule has 2 rings (SSSR count). The van der Waals surface area contributed by atoms with Crippen molar-refractivity contribution in [3.63, 3.8) is 0 Å². The number of carbonyl (C=O) groups is 1. The Morgan fingerprint density at radius 1 is 1.58 bits per heavy atom. The van der Waals surface area contributed by atoms with Gasteiger partial charge in [0.1, 0.15) is 0 Å². The van der Waals surface area contributed by atoms with Gasteiger partial charge >= 0.3 is 0 Å². The minimum atomic E-state index is -0.346. The molecule has 2 atom stereocenters. The number of aliphatic hydroxyl groups excluding tert-OH is 1. The van der Waals surface area contributed by atoms with Gasteiger partial charge in [0.05, 0.1) is 24.4 Å². The Labute approximate surface area is 116 Å². The van der Waals surface area contributed by atoms with E-state index in [1.165, 1.54) is 0 Å². The van der Waals surface area contributed by atoms with Crippen LogP contribution in [0.15, 0.2) is 18.2 Å². The van der Waals surface area contributed by atoms with E-state index in [-0.39, 0.29) is 24.7 Å². The summed E-state index contributed by atoms with van der Waals surface area (Å²) in [5.74, 6) is -0.164. The molecule has 1 amide bonds. The number of hydrogen-bond acceptors (Lipinski definition) is 4. The fraction of sp³-hybridized carbons (Fsp3) is 0.462. The number of anilines is 1. The second kappa shape index (κ2) is 5.77. The molecule has 1 aliphatic heterocycles. The molecule has 1 aliphatic rings. The van der Waals surface area contributed by atoms with E-state index in [1.807, 2.05) is 6.92 Å². The maximum atomic E-state index is 12.4. The standard InChI is InChI=1S/C13H17ClN2O3/c1-8-5-16(6-10(7-17)19-8)13(18)11-3-2-9(14)4-12(11)15/h2-4,8,10,17H,5-7,15H2,1H3. The third-order valence-corrected chi connectivity index (χ3v) is 3.30. The third kappa shape index (κ3) is 3.18. The average molecular weight is 285 g/mol. The zero-order chi connectivity index (χ0) is 14.0. The Morgan fingerprint density at radius 2 is 2.32 bits per heavy atom. The number of halogens is 1. The lowest BCUT2D eigenvalue weighted by molar-refractivity contribution is -0.0858. The maximum Gasteiger partial charge on any atom is 0.256 e. The molecule has 1 saturated heterocycles. The van der Waals surface area contributed by atoms with Crippen molar-refractivity contribution >= 4 is 23.2 Å². The third-order valence-electron chi connectivity index (χ3n) is 3.06. The molecule has 3 N–H and O–H groups in total. The van der Waals surface area contributed by atoms with Gasteiger partial charge in [0, 0.05) is 23.8 Å². The summed E-state index contributed by atoms with van der Waals surface area (Å²) in [4.78, 5) is 14.1. The first kappa shape index (κ1) is 14.1. The Bertz CT molecular complexity index is 481. The molecule has 0 bridgehead atoms. The fourth-order valence-corrected chi connectivity index (χ4v) is 2.39. The van der Waals surface area contributed by atoms with Crippen LogP contribution in [0.5, 0.6) is 0 Å². The van der Waals surface area contributed by atoms with Gasteiger partial charge in [-0.2, -0.15) is 0 Å². The number of amides is 1. The van der Waals surface area contributed by atoms with Crippen LogP contribution in [0, 0.1) is 0 Å². The number of morpholine rings is 1. The Balaban J connectivity index is 2.18. The Kier molecular flexibility index (Phi) is 4.29. The van der Waals surface area contributed by atoms with Gasteiger partial charge in [-0.3, -0.25) is 4.79 Å². The smallest absolute Gasteiger partial charge is 0.256 e. The van der Waals surface area contributed by atoms with Crippen LogP contribution < -0.4 is 5.73 Å². The highest BCUT2D eigenvalue weighted by atomic mass is 35.5. The molecule has 1 fully saturated rings. The molecule has 0 radical (unpaired) electrons. The lowest BCUT2D eigenvalue weighted by atomic mass is 10.1. The molecule has 5 nitrogen and oxygen atoms in total. The number of ether oxygens (including phenoxy) is 1. The van der Waals surface area contributed by atoms with Crippen molar-refractivity contribution in [2.45, 2.75) is 19.1 Å². The van der Waals surface area contributed by atoms with E-state index in [2.05, 4.69) is 0 Å². The fourth-order valence-electron chi connectivity index (χ4n) is 2.21. The molecular formula is C13H17ClN2O3. The number of carbonyl (C=O) groups excluding carboxylic acids is 1. The molecule has 0 aliphatic carbocycles. The highest BCUT2D eigenvalue weighted by Gasteiger charge is 2.29. The van der Waals surface area contributed by atoms with E-state index in [4.69, 9.17) is 27.2 Å². The summed E-state index contributed by atoms with van der Waals surface area (Å²) in [5.41, 5.74) is 6.60. The summed E-state index contributed by atoms with van der Waals surface area (Å²) in [6.07, 6.45) is -0.454. The van der Waals surface area contributed by atoms with E-state index in [0.717, 1.165) is 0 Å². The maximum absolute atomic E-state index is 12.4. The molecule has 0 aromatic heterocycles. The summed E-state index contributed by atoms with van der Waals surface area (Å²) < 4.78 is 5.50. The first-order chi connectivity index (χ1) is 9.01. The second-order valence-corrected chi connectivity index (χ2v) is 5.13. The summed E-state index contributed by atoms with van der Waals surface area (Å²) in [7, 11) is 0. The minimum absolute atomic E-state index is 0.107. The number of rotatable bonds is 2. The lowest BCUT2D eigenvalue weighted by Crippen LogP contribution is -2.50. The van der Waals surface area contributed by atoms with E-state index in [9.17, 15) is 4.79 Å². The predicted octanol–water partition coefficient (Wildman–Crippen LogP) is 1.14. The number of nitrogens with zero attached hydrogens (tertiary/aromatic N) is 1. The van der Waals surface area contributed by atoms with Gasteiger partial charge in [0.15, 0.2) is 0 Å². The van der Waals surface area contributed by atoms with Crippen LogP contribution in [-0.2, 0) is 4.74 Å². The van der Waals surface area contributed by atoms with Crippen LogP contribution in [0.4, 0.5) is 5.69 Å². The van der Waals surface area contributed by atoms with Gasteiger partial charge in [0.25, 0.3) is 5.91 Å². The summed E-state index contributed by atoms with van der Waals surface area (Å²) in [6.45, 7) is 2.61. The lowest BCUT2D eigenvalue weighted by Gasteiger charge is -2.36. The normalized spacial score (nSPS) is 23.4. The predicted molar refractivity (Wildman–Crippen MR) is 73.2 cm³/mol. The van der Waals surface area contributed by atoms with Crippen LogP contribution in [0.1, 0.15) is 17.3 Å². The van der Waals surface area contributed by atoms with Crippen molar-refractivity contribution in [3.8, 4) is 0 Å². The van der Waals surface area contributed by atoms with Crippen molar-refractivity contribution in [2.75, 3.05) is 25.4 Å². The summed E-state index contributed by atoms with van der Waals surface area (Å²) in [5, 5.41) is 9.66. The monoisotopic (exact) mass is 284 g/mol. The quantitative estimate of drug-likeness (QED) is 0.799. The van der Waals surface area contributed by atoms with Crippen LogP contribution in [0.25, 0.3) is 0 Å². The van der Waals surface area contributed by atoms with E-state index < -0.39 is 0 Å². The second-order valence-electron chi connectivity index (χ2n) is 4.69. The zero-order valence-corrected chi connectivity index (χ0v) is 11.4. The first-order valence-corrected chi connectivity index (χ1v) is 6.49. The van der Waals surface area contributed by atoms with Crippen LogP contribution in [0.2, 0.25) is 5.02 Å². The molecule has 0 spiro atoms. The molecule has 6 heteroatoms. The summed E-state index contributed by atoms with van der Waals surface area (Å²) >= 11 is 5.82. The van der Waals surface area contributed by atoms with Crippen LogP contribution >= 0.6 is 11.6 Å². The number of benzene rings is 1. The molecule has 2 unspecified atom stereocenters. The molecule has 1 heterocycles. The number of aliphatic hydroxyl groups is 1. The van der Waals surface area contributed by atoms with Crippen molar-refractivity contribution in [1.29, 1.82) is 0 Å². The Hall–Kier alpha value is -1.30. The average Bonchev–Trinajstić information content (AvgIpc) is 2.37.